The van der Waals surface area contributed by atoms with E-state index >= 15 is 0 Å². The number of amides is 4. The normalized spacial score (nSPS) is 13.3. The molecule has 10 aromatic carbocycles. The largest absolute Gasteiger partial charge is 0.354 e. The molecule has 0 radical (unpaired) electrons. The highest BCUT2D eigenvalue weighted by atomic mass is 35.5. The highest BCUT2D eigenvalue weighted by molar-refractivity contribution is 6.44. The summed E-state index contributed by atoms with van der Waals surface area (Å²) in [6.07, 6.45) is 18.5. The Kier molecular flexibility index (Phi) is 16.7. The van der Waals surface area contributed by atoms with Crippen LogP contribution in [0.1, 0.15) is 142 Å². The van der Waals surface area contributed by atoms with E-state index in [2.05, 4.69) is 142 Å². The molecular weight excluding hydrogens is 1330 g/mol. The minimum atomic E-state index is -0.461. The maximum absolute atomic E-state index is 14.9. The minimum Gasteiger partial charge on any atom is -0.354 e. The molecule has 8 bridgehead atoms. The van der Waals surface area contributed by atoms with Crippen LogP contribution in [0.5, 0.6) is 0 Å². The number of aromatic amines is 2. The molecule has 8 heterocycles. The Morgan fingerprint density at radius 3 is 1.08 bits per heavy atom. The zero-order valence-corrected chi connectivity index (χ0v) is 59.1. The van der Waals surface area contributed by atoms with Crippen LogP contribution < -0.4 is 15.5 Å². The van der Waals surface area contributed by atoms with Gasteiger partial charge in [-0.3, -0.25) is 24.1 Å². The zero-order chi connectivity index (χ0) is 71.7. The second-order valence-corrected chi connectivity index (χ2v) is 28.0. The van der Waals surface area contributed by atoms with E-state index in [-0.39, 0.29) is 35.0 Å². The summed E-state index contributed by atoms with van der Waals surface area (Å²) < 4.78 is 0. The number of hydrogen-bond donors (Lipinski definition) is 4. The number of imide groups is 2. The van der Waals surface area contributed by atoms with Crippen LogP contribution in [0.15, 0.2) is 212 Å². The SMILES string of the molecule is CCCCCCC(CCCCCC)N1C(=O)c2ccc3c4ccc5c6c(ccc(c7ccc(c2c37)C1=O)c64)C(=O)N(c1ccc(Nc2nc(Cl)nc(Nc3ccc(-c4c6nc(c(-c7ccccc7)c7ccc([nH]7)c(-c7ccccc7)c7nc(c(-c8ccccc8)c8ccc4[nH]8)C=C7)C=C6)cc3)n2)cc1)C5=O. The third-order valence-corrected chi connectivity index (χ3v) is 21.3. The molecule has 106 heavy (non-hydrogen) atoms. The van der Waals surface area contributed by atoms with Gasteiger partial charge in [0.25, 0.3) is 23.6 Å². The lowest BCUT2D eigenvalue weighted by Crippen LogP contribution is -2.47. The second-order valence-electron chi connectivity index (χ2n) is 27.6. The Morgan fingerprint density at radius 1 is 0.358 bits per heavy atom. The molecule has 4 amide bonds. The molecule has 18 rings (SSSR count). The van der Waals surface area contributed by atoms with Gasteiger partial charge in [0.1, 0.15) is 0 Å². The van der Waals surface area contributed by atoms with E-state index in [1.807, 2.05) is 103 Å². The number of nitrogens with zero attached hydrogens (tertiary/aromatic N) is 7. The average molecular weight is 1410 g/mol. The van der Waals surface area contributed by atoms with Crippen LogP contribution in [0.4, 0.5) is 29.0 Å². The fourth-order valence-corrected chi connectivity index (χ4v) is 16.4. The van der Waals surface area contributed by atoms with E-state index in [9.17, 15) is 19.2 Å². The van der Waals surface area contributed by atoms with Crippen molar-refractivity contribution in [1.82, 2.24) is 39.8 Å². The van der Waals surface area contributed by atoms with Crippen molar-refractivity contribution >= 4 is 154 Å². The lowest BCUT2D eigenvalue weighted by atomic mass is 9.82. The van der Waals surface area contributed by atoms with E-state index in [1.54, 1.807) is 41.3 Å². The van der Waals surface area contributed by atoms with Crippen LogP contribution in [-0.4, -0.2) is 69.5 Å². The fourth-order valence-electron chi connectivity index (χ4n) is 16.2. The number of anilines is 5. The predicted octanol–water partition coefficient (Wildman–Crippen LogP) is 22.4. The van der Waals surface area contributed by atoms with E-state index < -0.39 is 11.8 Å². The second kappa shape index (κ2) is 27.2. The zero-order valence-electron chi connectivity index (χ0n) is 58.3. The van der Waals surface area contributed by atoms with Crippen molar-refractivity contribution in [3.63, 3.8) is 0 Å². The molecule has 0 saturated carbocycles. The van der Waals surface area contributed by atoms with Crippen LogP contribution in [0.2, 0.25) is 5.28 Å². The molecule has 16 heteroatoms. The summed E-state index contributed by atoms with van der Waals surface area (Å²) >= 11 is 6.64. The van der Waals surface area contributed by atoms with Gasteiger partial charge in [0.15, 0.2) is 0 Å². The van der Waals surface area contributed by atoms with Gasteiger partial charge in [-0.15, -0.1) is 0 Å². The molecule has 4 N–H and O–H groups in total. The number of benzene rings is 10. The third-order valence-electron chi connectivity index (χ3n) is 21.2. The molecule has 0 saturated heterocycles. The third kappa shape index (κ3) is 11.4. The lowest BCUT2D eigenvalue weighted by Gasteiger charge is -2.35. The molecule has 14 aromatic rings. The first-order valence-corrected chi connectivity index (χ1v) is 36.9. The van der Waals surface area contributed by atoms with E-state index in [0.717, 1.165) is 186 Å². The van der Waals surface area contributed by atoms with Gasteiger partial charge in [0.05, 0.1) is 28.5 Å². The quantitative estimate of drug-likeness (QED) is 0.0245. The van der Waals surface area contributed by atoms with Crippen molar-refractivity contribution in [2.75, 3.05) is 15.5 Å². The van der Waals surface area contributed by atoms with Crippen LogP contribution in [-0.2, 0) is 0 Å². The fraction of sp³-hybridized carbons (Fsp3) is 0.144. The minimum absolute atomic E-state index is 0.0543. The molecular formula is C90H70ClN11O4. The number of carbonyl (C=O) groups is 4. The van der Waals surface area contributed by atoms with Crippen molar-refractivity contribution in [2.45, 2.75) is 84.1 Å². The number of halogens is 1. The van der Waals surface area contributed by atoms with Crippen LogP contribution in [0.25, 0.3) is 134 Å². The summed E-state index contributed by atoms with van der Waals surface area (Å²) in [5.41, 5.74) is 18.0. The van der Waals surface area contributed by atoms with Gasteiger partial charge < -0.3 is 20.6 Å². The van der Waals surface area contributed by atoms with E-state index in [4.69, 9.17) is 26.6 Å². The Morgan fingerprint density at radius 2 is 0.708 bits per heavy atom. The number of nitrogens with one attached hydrogen (secondary N) is 4. The number of rotatable bonds is 20. The summed E-state index contributed by atoms with van der Waals surface area (Å²) in [6.45, 7) is 4.38. The number of carbonyl (C=O) groups excluding carboxylic acids is 4. The van der Waals surface area contributed by atoms with Crippen molar-refractivity contribution in [1.29, 1.82) is 0 Å². The molecule has 4 aliphatic heterocycles. The van der Waals surface area contributed by atoms with Gasteiger partial charge in [0.2, 0.25) is 17.2 Å². The number of hydrogen-bond acceptors (Lipinski definition) is 11. The number of H-pyrrole nitrogens is 2. The molecule has 15 nitrogen and oxygen atoms in total. The van der Waals surface area contributed by atoms with Gasteiger partial charge in [0, 0.05) is 94.8 Å². The first kappa shape index (κ1) is 65.3. The number of unbranched alkanes of at least 4 members (excludes halogenated alkanes) is 6. The monoisotopic (exact) mass is 1400 g/mol. The van der Waals surface area contributed by atoms with Crippen LogP contribution >= 0.6 is 11.6 Å². The smallest absolute Gasteiger partial charge is 0.265 e. The molecule has 0 spiro atoms. The molecule has 0 unspecified atom stereocenters. The van der Waals surface area contributed by atoms with Crippen molar-refractivity contribution in [3.8, 4) is 44.5 Å². The number of fused-ring (bicyclic) bond motifs is 10. The molecule has 516 valence electrons. The van der Waals surface area contributed by atoms with Gasteiger partial charge in [-0.05, 0) is 188 Å². The lowest BCUT2D eigenvalue weighted by molar-refractivity contribution is 0.0516. The summed E-state index contributed by atoms with van der Waals surface area (Å²) in [5.74, 6) is -1.06. The first-order chi connectivity index (χ1) is 52.0. The molecule has 0 atom stereocenters. The molecule has 0 aliphatic carbocycles. The summed E-state index contributed by atoms with van der Waals surface area (Å²) in [7, 11) is 0. The summed E-state index contributed by atoms with van der Waals surface area (Å²) in [4.78, 5) is 94.2. The molecule has 0 fully saturated rings. The topological polar surface area (TPSA) is 195 Å². The Balaban J connectivity index is 0.631. The van der Waals surface area contributed by atoms with Gasteiger partial charge in [-0.1, -0.05) is 193 Å². The standard InChI is InChI=1S/C90H70ClN11O4/c1-3-5-7-18-26-58(27-19-8-6-4-2)101-84(103)64-40-36-60-62-38-42-66-83-67(43-39-63(81(62)83)61-37-41-65(85(101)104)82(64)80(60)61)87(106)102(86(66)105)59-34-32-57(33-35-59)93-90-99-88(91)98-89(100-90)92-56-30-28-55(29-31-56)79-74-50-48-72(96-74)77(53-22-14-10-15-23-53)70-46-44-68(94-70)76(52-20-12-9-13-21-52)69-45-47-71(95-69)78(54-24-16-11-17-25-54)73-49-51-75(79)97-73/h9-17,20-25,28-51,58,94,97H,3-8,18-19,26-27H2,1-2H3,(H2,92,93,98,99,100). The molecule has 4 aromatic heterocycles. The van der Waals surface area contributed by atoms with Crippen molar-refractivity contribution < 1.29 is 19.2 Å². The van der Waals surface area contributed by atoms with Gasteiger partial charge in [-0.2, -0.15) is 15.0 Å². The van der Waals surface area contributed by atoms with Gasteiger partial charge >= 0.3 is 0 Å². The highest BCUT2D eigenvalue weighted by Gasteiger charge is 2.40. The van der Waals surface area contributed by atoms with Crippen molar-refractivity contribution in [3.05, 3.63) is 263 Å². The highest BCUT2D eigenvalue weighted by Crippen LogP contribution is 2.48. The Labute approximate surface area is 615 Å². The van der Waals surface area contributed by atoms with Crippen LogP contribution in [0.3, 0.4) is 0 Å². The van der Waals surface area contributed by atoms with E-state index in [1.165, 1.54) is 4.90 Å². The van der Waals surface area contributed by atoms with E-state index in [0.29, 0.717) is 50.1 Å². The maximum Gasteiger partial charge on any atom is 0.265 e. The Hall–Kier alpha value is -12.7. The first-order valence-electron chi connectivity index (χ1n) is 36.5. The Bertz CT molecular complexity index is 6000. The average Bonchev–Trinajstić information content (AvgIpc) is 0.937. The molecule has 4 aliphatic rings. The number of aromatic nitrogens is 7. The van der Waals surface area contributed by atoms with Crippen molar-refractivity contribution in [2.24, 2.45) is 0 Å². The van der Waals surface area contributed by atoms with Gasteiger partial charge in [-0.25, -0.2) is 14.9 Å². The maximum atomic E-state index is 14.9. The summed E-state index contributed by atoms with van der Waals surface area (Å²) in [5, 5.41) is 12.7. The predicted molar refractivity (Wildman–Crippen MR) is 429 cm³/mol. The summed E-state index contributed by atoms with van der Waals surface area (Å²) in [6, 6.07) is 69.4. The van der Waals surface area contributed by atoms with Crippen LogP contribution in [0, 0.1) is 0 Å².